The van der Waals surface area contributed by atoms with Crippen LogP contribution in [0.5, 0.6) is 0 Å². The van der Waals surface area contributed by atoms with Crippen molar-refractivity contribution >= 4 is 28.1 Å². The van der Waals surface area contributed by atoms with Crippen molar-refractivity contribution in [1.82, 2.24) is 19.9 Å². The molecule has 264 valence electrons. The lowest BCUT2D eigenvalue weighted by Crippen LogP contribution is -2.15. The lowest BCUT2D eigenvalue weighted by atomic mass is 9.77. The molecule has 54 heavy (non-hydrogen) atoms. The van der Waals surface area contributed by atoms with Crippen LogP contribution in [0.4, 0.5) is 17.3 Å². The van der Waals surface area contributed by atoms with Crippen molar-refractivity contribution in [3.63, 3.8) is 0 Å². The molecular weight excluding hydrogens is 659 g/mol. The fourth-order valence-electron chi connectivity index (χ4n) is 8.24. The van der Waals surface area contributed by atoms with Crippen molar-refractivity contribution < 1.29 is 0 Å². The fourth-order valence-corrected chi connectivity index (χ4v) is 8.24. The molecule has 5 nitrogen and oxygen atoms in total. The van der Waals surface area contributed by atoms with Crippen LogP contribution in [0.25, 0.3) is 33.4 Å². The molecule has 0 atom stereocenters. The molecule has 0 saturated heterocycles. The SMILES string of the molecule is Cc1cc(C)c(C(c2ccc(N(c3ccncn3)c3cc(-c4cccc5ccccc45)nc(-c4ccccc4)n3)cc2)c2c(C)cc(C)cc2C)c(C)c1. The third-order valence-corrected chi connectivity index (χ3v) is 10.4. The summed E-state index contributed by atoms with van der Waals surface area (Å²) in [6.45, 7) is 13.4. The van der Waals surface area contributed by atoms with Crippen LogP contribution in [-0.4, -0.2) is 19.9 Å². The van der Waals surface area contributed by atoms with Crippen LogP contribution in [0.15, 0.2) is 146 Å². The zero-order valence-corrected chi connectivity index (χ0v) is 31.7. The van der Waals surface area contributed by atoms with Crippen molar-refractivity contribution in [2.45, 2.75) is 47.5 Å². The second kappa shape index (κ2) is 14.5. The minimum Gasteiger partial charge on any atom is -0.279 e. The molecule has 0 spiro atoms. The van der Waals surface area contributed by atoms with Gasteiger partial charge < -0.3 is 0 Å². The van der Waals surface area contributed by atoms with Gasteiger partial charge in [-0.2, -0.15) is 0 Å². The fraction of sp³-hybridized carbons (Fsp3) is 0.143. The summed E-state index contributed by atoms with van der Waals surface area (Å²) in [5, 5.41) is 2.29. The average molecular weight is 702 g/mol. The van der Waals surface area contributed by atoms with Crippen LogP contribution >= 0.6 is 0 Å². The highest BCUT2D eigenvalue weighted by molar-refractivity contribution is 5.96. The Labute approximate surface area is 318 Å². The van der Waals surface area contributed by atoms with Crippen molar-refractivity contribution in [3.8, 4) is 22.6 Å². The predicted octanol–water partition coefficient (Wildman–Crippen LogP) is 12.3. The largest absolute Gasteiger partial charge is 0.279 e. The van der Waals surface area contributed by atoms with Gasteiger partial charge in [0.25, 0.3) is 0 Å². The molecule has 0 radical (unpaired) electrons. The number of benzene rings is 6. The average Bonchev–Trinajstić information content (AvgIpc) is 3.17. The smallest absolute Gasteiger partial charge is 0.162 e. The van der Waals surface area contributed by atoms with E-state index in [0.29, 0.717) is 17.5 Å². The van der Waals surface area contributed by atoms with E-state index in [4.69, 9.17) is 15.0 Å². The first-order valence-electron chi connectivity index (χ1n) is 18.5. The van der Waals surface area contributed by atoms with E-state index in [1.807, 2.05) is 24.3 Å². The second-order valence-electron chi connectivity index (χ2n) is 14.4. The van der Waals surface area contributed by atoms with Gasteiger partial charge in [-0.1, -0.05) is 120 Å². The molecule has 8 rings (SSSR count). The molecule has 0 aliphatic carbocycles. The number of nitrogens with zero attached hydrogens (tertiary/aromatic N) is 5. The van der Waals surface area contributed by atoms with Gasteiger partial charge >= 0.3 is 0 Å². The molecule has 0 fully saturated rings. The van der Waals surface area contributed by atoms with Gasteiger partial charge in [-0.25, -0.2) is 19.9 Å². The first kappa shape index (κ1) is 34.6. The summed E-state index contributed by atoms with van der Waals surface area (Å²) in [6.07, 6.45) is 3.36. The van der Waals surface area contributed by atoms with E-state index in [9.17, 15) is 0 Å². The first-order chi connectivity index (χ1) is 26.2. The summed E-state index contributed by atoms with van der Waals surface area (Å²) in [5.41, 5.74) is 15.5. The van der Waals surface area contributed by atoms with Crippen LogP contribution in [0.1, 0.15) is 56.0 Å². The van der Waals surface area contributed by atoms with Crippen molar-refractivity contribution in [3.05, 3.63) is 196 Å². The maximum Gasteiger partial charge on any atom is 0.162 e. The normalized spacial score (nSPS) is 11.3. The molecule has 0 amide bonds. The third-order valence-electron chi connectivity index (χ3n) is 10.4. The van der Waals surface area contributed by atoms with E-state index in [1.54, 1.807) is 12.5 Å². The molecule has 0 saturated carbocycles. The van der Waals surface area contributed by atoms with E-state index >= 15 is 0 Å². The van der Waals surface area contributed by atoms with E-state index in [0.717, 1.165) is 33.3 Å². The molecule has 2 heterocycles. The molecule has 0 aliphatic heterocycles. The molecule has 5 heteroatoms. The molecule has 6 aromatic carbocycles. The highest BCUT2D eigenvalue weighted by Crippen LogP contribution is 2.42. The van der Waals surface area contributed by atoms with Crippen LogP contribution < -0.4 is 4.90 Å². The van der Waals surface area contributed by atoms with Gasteiger partial charge in [0.05, 0.1) is 5.69 Å². The number of fused-ring (bicyclic) bond motifs is 1. The summed E-state index contributed by atoms with van der Waals surface area (Å²) in [4.78, 5) is 21.5. The molecular formula is C49H43N5. The lowest BCUT2D eigenvalue weighted by Gasteiger charge is -2.28. The van der Waals surface area contributed by atoms with E-state index in [2.05, 4.69) is 161 Å². The Morgan fingerprint density at radius 2 is 1.15 bits per heavy atom. The number of rotatable bonds is 8. The monoisotopic (exact) mass is 701 g/mol. The predicted molar refractivity (Wildman–Crippen MR) is 223 cm³/mol. The number of anilines is 3. The Hall–Kier alpha value is -6.46. The Kier molecular flexibility index (Phi) is 9.31. The van der Waals surface area contributed by atoms with Crippen LogP contribution in [0, 0.1) is 41.5 Å². The van der Waals surface area contributed by atoms with Crippen LogP contribution in [0.3, 0.4) is 0 Å². The molecule has 0 bridgehead atoms. The van der Waals surface area contributed by atoms with Crippen molar-refractivity contribution in [1.29, 1.82) is 0 Å². The lowest BCUT2D eigenvalue weighted by molar-refractivity contribution is 0.919. The van der Waals surface area contributed by atoms with Crippen molar-refractivity contribution in [2.75, 3.05) is 4.90 Å². The van der Waals surface area contributed by atoms with E-state index < -0.39 is 0 Å². The van der Waals surface area contributed by atoms with Gasteiger partial charge in [-0.15, -0.1) is 0 Å². The van der Waals surface area contributed by atoms with Gasteiger partial charge in [-0.05, 0) is 109 Å². The first-order valence-corrected chi connectivity index (χ1v) is 18.5. The zero-order chi connectivity index (χ0) is 37.3. The van der Waals surface area contributed by atoms with Crippen molar-refractivity contribution in [2.24, 2.45) is 0 Å². The number of hydrogen-bond donors (Lipinski definition) is 0. The molecule has 2 aromatic heterocycles. The third kappa shape index (κ3) is 6.65. The Morgan fingerprint density at radius 3 is 1.78 bits per heavy atom. The minimum absolute atomic E-state index is 0.0643. The zero-order valence-electron chi connectivity index (χ0n) is 31.7. The molecule has 0 N–H and O–H groups in total. The maximum atomic E-state index is 5.23. The van der Waals surface area contributed by atoms with E-state index in [1.165, 1.54) is 50.1 Å². The van der Waals surface area contributed by atoms with Gasteiger partial charge in [0.15, 0.2) is 5.82 Å². The Morgan fingerprint density at radius 1 is 0.537 bits per heavy atom. The maximum absolute atomic E-state index is 5.23. The summed E-state index contributed by atoms with van der Waals surface area (Å²) >= 11 is 0. The highest BCUT2D eigenvalue weighted by atomic mass is 15.3. The quantitative estimate of drug-likeness (QED) is 0.148. The van der Waals surface area contributed by atoms with Gasteiger partial charge in [0.1, 0.15) is 18.0 Å². The van der Waals surface area contributed by atoms with E-state index in [-0.39, 0.29) is 5.92 Å². The van der Waals surface area contributed by atoms with Gasteiger partial charge in [0.2, 0.25) is 0 Å². The van der Waals surface area contributed by atoms with Gasteiger partial charge in [0, 0.05) is 35.0 Å². The summed E-state index contributed by atoms with van der Waals surface area (Å²) in [5.74, 6) is 2.13. The standard InChI is InChI=1S/C49H43N5/c1-31-25-33(3)46(34(4)26-31)48(47-35(5)27-32(2)28-36(47)6)38-19-21-40(22-20-38)54(44-23-24-50-30-51-44)45-29-43(52-49(53-45)39-14-8-7-9-15-39)42-18-12-16-37-13-10-11-17-41(37)42/h7-30,48H,1-6H3. The highest BCUT2D eigenvalue weighted by Gasteiger charge is 2.26. The number of aryl methyl sites for hydroxylation is 6. The molecule has 0 aliphatic rings. The summed E-state index contributed by atoms with van der Waals surface area (Å²) < 4.78 is 0. The number of hydrogen-bond acceptors (Lipinski definition) is 5. The molecule has 8 aromatic rings. The Balaban J connectivity index is 1.32. The van der Waals surface area contributed by atoms with Crippen LogP contribution in [0.2, 0.25) is 0 Å². The van der Waals surface area contributed by atoms with Gasteiger partial charge in [-0.3, -0.25) is 4.90 Å². The topological polar surface area (TPSA) is 54.8 Å². The summed E-state index contributed by atoms with van der Waals surface area (Å²) in [7, 11) is 0. The minimum atomic E-state index is 0.0643. The Bertz CT molecular complexity index is 2510. The molecule has 0 unspecified atom stereocenters. The second-order valence-corrected chi connectivity index (χ2v) is 14.4. The van der Waals surface area contributed by atoms with Crippen LogP contribution in [-0.2, 0) is 0 Å². The summed E-state index contributed by atoms with van der Waals surface area (Å²) in [6, 6.07) is 47.2. The number of aromatic nitrogens is 4.